The van der Waals surface area contributed by atoms with Crippen molar-refractivity contribution in [3.63, 3.8) is 0 Å². The van der Waals surface area contributed by atoms with Gasteiger partial charge < -0.3 is 9.80 Å². The van der Waals surface area contributed by atoms with Crippen LogP contribution in [0.3, 0.4) is 0 Å². The molecule has 1 spiro atoms. The fraction of sp³-hybridized carbons (Fsp3) is 0.737. The second kappa shape index (κ2) is 7.26. The van der Waals surface area contributed by atoms with Crippen LogP contribution in [0, 0.1) is 11.8 Å². The quantitative estimate of drug-likeness (QED) is 0.723. The highest BCUT2D eigenvalue weighted by Gasteiger charge is 2.61. The van der Waals surface area contributed by atoms with Crippen LogP contribution in [0.25, 0.3) is 0 Å². The number of hydrogen-bond acceptors (Lipinski definition) is 6. The number of fused-ring (bicyclic) bond motifs is 2. The van der Waals surface area contributed by atoms with Gasteiger partial charge in [0.15, 0.2) is 0 Å². The summed E-state index contributed by atoms with van der Waals surface area (Å²) >= 11 is 0. The second-order valence-electron chi connectivity index (χ2n) is 8.24. The monoisotopic (exact) mass is 407 g/mol. The summed E-state index contributed by atoms with van der Waals surface area (Å²) in [5, 5.41) is 0. The van der Waals surface area contributed by atoms with Gasteiger partial charge >= 0.3 is 0 Å². The number of piperidine rings is 1. The van der Waals surface area contributed by atoms with Crippen molar-refractivity contribution in [1.82, 2.24) is 19.2 Å². The van der Waals surface area contributed by atoms with E-state index in [1.165, 1.54) is 0 Å². The molecule has 0 N–H and O–H groups in total. The lowest BCUT2D eigenvalue weighted by atomic mass is 9.75. The number of hydrogen-bond donors (Lipinski definition) is 0. The molecule has 0 saturated carbocycles. The molecule has 28 heavy (non-hydrogen) atoms. The third kappa shape index (κ3) is 3.08. The van der Waals surface area contributed by atoms with Crippen LogP contribution < -0.4 is 4.90 Å². The molecule has 9 heteroatoms. The molecule has 2 atom stereocenters. The van der Waals surface area contributed by atoms with Crippen LogP contribution in [0.15, 0.2) is 18.5 Å². The van der Waals surface area contributed by atoms with E-state index < -0.39 is 10.0 Å². The van der Waals surface area contributed by atoms with Crippen molar-refractivity contribution < 1.29 is 13.2 Å². The van der Waals surface area contributed by atoms with E-state index in [-0.39, 0.29) is 29.0 Å². The molecular weight excluding hydrogens is 378 g/mol. The summed E-state index contributed by atoms with van der Waals surface area (Å²) in [6, 6.07) is 1.79. The number of rotatable bonds is 5. The maximum atomic E-state index is 13.0. The summed E-state index contributed by atoms with van der Waals surface area (Å²) in [5.41, 5.74) is -0.262. The number of carbonyl (C=O) groups is 1. The van der Waals surface area contributed by atoms with Crippen molar-refractivity contribution in [3.8, 4) is 0 Å². The number of carbonyl (C=O) groups excluding carboxylic acids is 1. The average Bonchev–Trinajstić information content (AvgIpc) is 3.24. The number of anilines is 1. The Labute approximate surface area is 167 Å². The molecule has 3 aliphatic rings. The summed E-state index contributed by atoms with van der Waals surface area (Å²) in [7, 11) is -1.30. The van der Waals surface area contributed by atoms with E-state index >= 15 is 0 Å². The number of aromatic nitrogens is 2. The largest absolute Gasteiger partial charge is 0.340 e. The van der Waals surface area contributed by atoms with E-state index in [1.54, 1.807) is 22.8 Å². The van der Waals surface area contributed by atoms with Crippen molar-refractivity contribution in [2.45, 2.75) is 38.1 Å². The van der Waals surface area contributed by atoms with Gasteiger partial charge in [0.25, 0.3) is 0 Å². The minimum Gasteiger partial charge on any atom is -0.340 e. The van der Waals surface area contributed by atoms with E-state index in [1.807, 2.05) is 18.9 Å². The molecule has 4 rings (SSSR count). The molecule has 0 bridgehead atoms. The molecule has 8 nitrogen and oxygen atoms in total. The highest BCUT2D eigenvalue weighted by molar-refractivity contribution is 7.89. The minimum absolute atomic E-state index is 0.0583. The lowest BCUT2D eigenvalue weighted by molar-refractivity contribution is -0.132. The van der Waals surface area contributed by atoms with Gasteiger partial charge in [0.2, 0.25) is 21.9 Å². The fourth-order valence-corrected chi connectivity index (χ4v) is 6.90. The van der Waals surface area contributed by atoms with Crippen LogP contribution in [-0.2, 0) is 14.8 Å². The van der Waals surface area contributed by atoms with Crippen LogP contribution >= 0.6 is 0 Å². The molecule has 3 saturated heterocycles. The highest BCUT2D eigenvalue weighted by atomic mass is 32.2. The third-order valence-electron chi connectivity index (χ3n) is 6.90. The molecule has 3 aliphatic heterocycles. The Morgan fingerprint density at radius 1 is 1.18 bits per heavy atom. The first-order valence-electron chi connectivity index (χ1n) is 10.2. The third-order valence-corrected chi connectivity index (χ3v) is 8.85. The zero-order valence-corrected chi connectivity index (χ0v) is 17.4. The lowest BCUT2D eigenvalue weighted by Gasteiger charge is -2.46. The Kier molecular flexibility index (Phi) is 5.07. The van der Waals surface area contributed by atoms with Gasteiger partial charge in [-0.2, -0.15) is 0 Å². The summed E-state index contributed by atoms with van der Waals surface area (Å²) in [6.07, 6.45) is 6.41. The number of sulfonamides is 1. The smallest absolute Gasteiger partial charge is 0.228 e. The molecule has 3 fully saturated rings. The summed E-state index contributed by atoms with van der Waals surface area (Å²) in [4.78, 5) is 25.7. The van der Waals surface area contributed by atoms with Gasteiger partial charge in [-0.25, -0.2) is 22.7 Å². The SMILES string of the molecule is CCCCS(=O)(=O)N1CCC2(CC1)[C@H]1CN(c3ncccn3)C[C@H]1C(=O)N2C. The first kappa shape index (κ1) is 19.6. The van der Waals surface area contributed by atoms with Crippen LogP contribution in [0.1, 0.15) is 32.6 Å². The topological polar surface area (TPSA) is 86.7 Å². The number of likely N-dealkylation sites (tertiary alicyclic amines) is 1. The Morgan fingerprint density at radius 3 is 2.50 bits per heavy atom. The number of unbranched alkanes of at least 4 members (excludes halogenated alkanes) is 1. The summed E-state index contributed by atoms with van der Waals surface area (Å²) in [5.74, 6) is 1.19. The first-order chi connectivity index (χ1) is 13.4. The standard InChI is InChI=1S/C19H29N5O3S/c1-3-4-12-28(26,27)24-10-6-19(7-11-24)16-14-23(18-20-8-5-9-21-18)13-15(16)17(25)22(19)2/h5,8-9,15-16H,3-4,6-7,10-14H2,1-2H3/t15-,16+/m1/s1. The minimum atomic E-state index is -3.20. The van der Waals surface area contributed by atoms with Crippen LogP contribution in [-0.4, -0.2) is 78.0 Å². The van der Waals surface area contributed by atoms with Crippen molar-refractivity contribution in [2.24, 2.45) is 11.8 Å². The maximum Gasteiger partial charge on any atom is 0.228 e. The van der Waals surface area contributed by atoms with E-state index in [0.717, 1.165) is 13.0 Å². The lowest BCUT2D eigenvalue weighted by Crippen LogP contribution is -2.56. The summed E-state index contributed by atoms with van der Waals surface area (Å²) in [6.45, 7) is 4.37. The van der Waals surface area contributed by atoms with Crippen molar-refractivity contribution in [3.05, 3.63) is 18.5 Å². The molecule has 0 aliphatic carbocycles. The molecule has 0 unspecified atom stereocenters. The molecule has 1 amide bonds. The van der Waals surface area contributed by atoms with E-state index in [2.05, 4.69) is 14.9 Å². The molecular formula is C19H29N5O3S. The van der Waals surface area contributed by atoms with Crippen molar-refractivity contribution in [2.75, 3.05) is 43.9 Å². The number of amides is 1. The van der Waals surface area contributed by atoms with E-state index in [0.29, 0.717) is 44.8 Å². The Morgan fingerprint density at radius 2 is 1.86 bits per heavy atom. The van der Waals surface area contributed by atoms with Gasteiger partial charge in [-0.15, -0.1) is 0 Å². The summed E-state index contributed by atoms with van der Waals surface area (Å²) < 4.78 is 26.8. The molecule has 0 aromatic carbocycles. The Bertz CT molecular complexity index is 823. The van der Waals surface area contributed by atoms with Gasteiger partial charge in [-0.05, 0) is 25.3 Å². The fourth-order valence-electron chi connectivity index (χ4n) is 5.25. The zero-order chi connectivity index (χ0) is 19.9. The first-order valence-corrected chi connectivity index (χ1v) is 11.8. The van der Waals surface area contributed by atoms with E-state index in [9.17, 15) is 13.2 Å². The highest BCUT2D eigenvalue weighted by Crippen LogP contribution is 2.49. The van der Waals surface area contributed by atoms with Crippen LogP contribution in [0.2, 0.25) is 0 Å². The van der Waals surface area contributed by atoms with Crippen molar-refractivity contribution in [1.29, 1.82) is 0 Å². The van der Waals surface area contributed by atoms with Crippen molar-refractivity contribution >= 4 is 21.9 Å². The Hall–Kier alpha value is -1.74. The number of nitrogens with zero attached hydrogens (tertiary/aromatic N) is 5. The molecule has 4 heterocycles. The second-order valence-corrected chi connectivity index (χ2v) is 10.3. The van der Waals surface area contributed by atoms with Crippen LogP contribution in [0.5, 0.6) is 0 Å². The predicted octanol–water partition coefficient (Wildman–Crippen LogP) is 0.966. The van der Waals surface area contributed by atoms with E-state index in [4.69, 9.17) is 0 Å². The van der Waals surface area contributed by atoms with Gasteiger partial charge in [-0.3, -0.25) is 4.79 Å². The molecule has 1 aromatic rings. The van der Waals surface area contributed by atoms with Crippen LogP contribution in [0.4, 0.5) is 5.95 Å². The average molecular weight is 408 g/mol. The van der Waals surface area contributed by atoms with Gasteiger partial charge in [0.1, 0.15) is 0 Å². The normalized spacial score (nSPS) is 27.6. The zero-order valence-electron chi connectivity index (χ0n) is 16.6. The van der Waals surface area contributed by atoms with Gasteiger partial charge in [0, 0.05) is 51.5 Å². The maximum absolute atomic E-state index is 13.0. The molecule has 154 valence electrons. The van der Waals surface area contributed by atoms with Gasteiger partial charge in [-0.1, -0.05) is 13.3 Å². The van der Waals surface area contributed by atoms with Gasteiger partial charge in [0.05, 0.1) is 17.2 Å². The molecule has 1 aromatic heterocycles. The Balaban J connectivity index is 1.51. The molecule has 0 radical (unpaired) electrons. The predicted molar refractivity (Wildman–Crippen MR) is 106 cm³/mol.